The molecule has 0 bridgehead atoms. The van der Waals surface area contributed by atoms with E-state index in [1.807, 2.05) is 12.1 Å². The second kappa shape index (κ2) is 5.13. The topological polar surface area (TPSA) is 32.3 Å². The molecule has 1 aliphatic carbocycles. The molecule has 0 saturated heterocycles. The van der Waals surface area contributed by atoms with Crippen molar-refractivity contribution in [2.45, 2.75) is 18.4 Å². The summed E-state index contributed by atoms with van der Waals surface area (Å²) in [6.07, 6.45) is 5.79. The number of benzene rings is 3. The third-order valence-corrected chi connectivity index (χ3v) is 5.51. The first kappa shape index (κ1) is 13.7. The fraction of sp³-hybridized carbons (Fsp3) is 0.182. The van der Waals surface area contributed by atoms with Gasteiger partial charge in [0.25, 0.3) is 0 Å². The molecule has 0 aromatic heterocycles. The molecule has 3 unspecified atom stereocenters. The molecule has 1 heterocycles. The lowest BCUT2D eigenvalue weighted by Gasteiger charge is -2.38. The minimum Gasteiger partial charge on any atom is -0.508 e. The third-order valence-electron chi connectivity index (χ3n) is 5.51. The highest BCUT2D eigenvalue weighted by Crippen LogP contribution is 2.51. The van der Waals surface area contributed by atoms with E-state index in [4.69, 9.17) is 0 Å². The van der Waals surface area contributed by atoms with E-state index in [2.05, 4.69) is 53.9 Å². The van der Waals surface area contributed by atoms with Crippen molar-refractivity contribution in [3.8, 4) is 5.75 Å². The molecule has 24 heavy (non-hydrogen) atoms. The number of nitrogens with one attached hydrogen (secondary N) is 1. The van der Waals surface area contributed by atoms with Crippen LogP contribution in [0.25, 0.3) is 10.8 Å². The van der Waals surface area contributed by atoms with E-state index < -0.39 is 0 Å². The van der Waals surface area contributed by atoms with Crippen molar-refractivity contribution in [2.75, 3.05) is 5.32 Å². The Morgan fingerprint density at radius 2 is 1.75 bits per heavy atom. The zero-order valence-electron chi connectivity index (χ0n) is 13.3. The Balaban J connectivity index is 1.67. The van der Waals surface area contributed by atoms with Gasteiger partial charge in [-0.15, -0.1) is 0 Å². The average Bonchev–Trinajstić information content (AvgIpc) is 3.11. The van der Waals surface area contributed by atoms with Crippen molar-refractivity contribution in [1.29, 1.82) is 0 Å². The Labute approximate surface area is 141 Å². The van der Waals surface area contributed by atoms with Crippen molar-refractivity contribution in [3.63, 3.8) is 0 Å². The normalized spacial score (nSPS) is 24.4. The van der Waals surface area contributed by atoms with Gasteiger partial charge in [0.15, 0.2) is 0 Å². The predicted octanol–water partition coefficient (Wildman–Crippen LogP) is 5.37. The standard InChI is InChI=1S/C22H19NO/c24-16-11-8-15(9-12-16)22-19-7-3-6-18(19)21-17-5-2-1-4-14(17)10-13-20(21)23-22/h1-6,8-13,18-19,22-24H,7H2. The molecular weight excluding hydrogens is 294 g/mol. The predicted molar refractivity (Wildman–Crippen MR) is 98.4 cm³/mol. The number of allylic oxidation sites excluding steroid dienone is 2. The Kier molecular flexibility index (Phi) is 2.93. The lowest BCUT2D eigenvalue weighted by atomic mass is 9.75. The van der Waals surface area contributed by atoms with Crippen LogP contribution in [-0.4, -0.2) is 5.11 Å². The quantitative estimate of drug-likeness (QED) is 0.592. The molecule has 3 atom stereocenters. The van der Waals surface area contributed by atoms with Gasteiger partial charge in [0.2, 0.25) is 0 Å². The summed E-state index contributed by atoms with van der Waals surface area (Å²) in [5.41, 5.74) is 3.91. The summed E-state index contributed by atoms with van der Waals surface area (Å²) in [7, 11) is 0. The number of aromatic hydroxyl groups is 1. The zero-order valence-corrected chi connectivity index (χ0v) is 13.3. The fourth-order valence-corrected chi connectivity index (χ4v) is 4.39. The molecule has 2 heteroatoms. The van der Waals surface area contributed by atoms with Crippen LogP contribution < -0.4 is 5.32 Å². The van der Waals surface area contributed by atoms with Gasteiger partial charge in [-0.25, -0.2) is 0 Å². The number of rotatable bonds is 1. The molecule has 5 rings (SSSR count). The van der Waals surface area contributed by atoms with Crippen molar-refractivity contribution >= 4 is 16.5 Å². The first-order chi connectivity index (χ1) is 11.8. The van der Waals surface area contributed by atoms with E-state index in [9.17, 15) is 5.11 Å². The first-order valence-corrected chi connectivity index (χ1v) is 8.55. The number of anilines is 1. The second-order valence-corrected chi connectivity index (χ2v) is 6.81. The Hall–Kier alpha value is -2.74. The van der Waals surface area contributed by atoms with Crippen LogP contribution in [0.5, 0.6) is 5.75 Å². The number of fused-ring (bicyclic) bond motifs is 5. The fourth-order valence-electron chi connectivity index (χ4n) is 4.39. The second-order valence-electron chi connectivity index (χ2n) is 6.81. The molecule has 118 valence electrons. The Morgan fingerprint density at radius 1 is 0.917 bits per heavy atom. The van der Waals surface area contributed by atoms with Crippen LogP contribution in [0.2, 0.25) is 0 Å². The van der Waals surface area contributed by atoms with Crippen LogP contribution in [0, 0.1) is 5.92 Å². The number of phenols is 1. The highest BCUT2D eigenvalue weighted by Gasteiger charge is 2.38. The summed E-state index contributed by atoms with van der Waals surface area (Å²) in [4.78, 5) is 0. The molecule has 2 aliphatic rings. The summed E-state index contributed by atoms with van der Waals surface area (Å²) in [5.74, 6) is 1.29. The third kappa shape index (κ3) is 1.96. The zero-order chi connectivity index (χ0) is 16.1. The van der Waals surface area contributed by atoms with Gasteiger partial charge in [-0.05, 0) is 52.4 Å². The molecular formula is C22H19NO. The molecule has 2 nitrogen and oxygen atoms in total. The van der Waals surface area contributed by atoms with E-state index in [1.54, 1.807) is 12.1 Å². The van der Waals surface area contributed by atoms with Crippen LogP contribution in [0.15, 0.2) is 72.8 Å². The van der Waals surface area contributed by atoms with Gasteiger partial charge in [-0.2, -0.15) is 0 Å². The maximum absolute atomic E-state index is 9.59. The van der Waals surface area contributed by atoms with Gasteiger partial charge in [0, 0.05) is 11.6 Å². The van der Waals surface area contributed by atoms with E-state index in [0.717, 1.165) is 6.42 Å². The maximum atomic E-state index is 9.59. The van der Waals surface area contributed by atoms with Crippen LogP contribution >= 0.6 is 0 Å². The average molecular weight is 313 g/mol. The van der Waals surface area contributed by atoms with E-state index >= 15 is 0 Å². The van der Waals surface area contributed by atoms with Gasteiger partial charge in [0.05, 0.1) is 6.04 Å². The van der Waals surface area contributed by atoms with Gasteiger partial charge < -0.3 is 10.4 Å². The van der Waals surface area contributed by atoms with Crippen LogP contribution in [0.1, 0.15) is 29.5 Å². The molecule has 0 fully saturated rings. The van der Waals surface area contributed by atoms with Crippen LogP contribution in [0.3, 0.4) is 0 Å². The SMILES string of the molecule is Oc1ccc(C2Nc3ccc4ccccc4c3C3C=CCC32)cc1. The largest absolute Gasteiger partial charge is 0.508 e. The number of phenolic OH excluding ortho intramolecular Hbond substituents is 1. The number of hydrogen-bond acceptors (Lipinski definition) is 2. The van der Waals surface area contributed by atoms with E-state index in [0.29, 0.717) is 17.6 Å². The van der Waals surface area contributed by atoms with Gasteiger partial charge in [-0.3, -0.25) is 0 Å². The molecule has 3 aromatic rings. The lowest BCUT2D eigenvalue weighted by Crippen LogP contribution is -2.29. The molecule has 0 amide bonds. The minimum absolute atomic E-state index is 0.277. The van der Waals surface area contributed by atoms with Crippen LogP contribution in [0.4, 0.5) is 5.69 Å². The molecule has 3 aromatic carbocycles. The molecule has 2 N–H and O–H groups in total. The highest BCUT2D eigenvalue weighted by molar-refractivity contribution is 5.91. The van der Waals surface area contributed by atoms with Crippen molar-refractivity contribution < 1.29 is 5.11 Å². The first-order valence-electron chi connectivity index (χ1n) is 8.55. The summed E-state index contributed by atoms with van der Waals surface area (Å²) in [6, 6.07) is 21.0. The monoisotopic (exact) mass is 313 g/mol. The van der Waals surface area contributed by atoms with Crippen molar-refractivity contribution in [1.82, 2.24) is 0 Å². The molecule has 0 saturated carbocycles. The lowest BCUT2D eigenvalue weighted by molar-refractivity contribution is 0.426. The highest BCUT2D eigenvalue weighted by atomic mass is 16.3. The van der Waals surface area contributed by atoms with Crippen molar-refractivity contribution in [2.24, 2.45) is 5.92 Å². The minimum atomic E-state index is 0.277. The molecule has 0 radical (unpaired) electrons. The number of hydrogen-bond donors (Lipinski definition) is 2. The smallest absolute Gasteiger partial charge is 0.115 e. The molecule has 0 spiro atoms. The summed E-state index contributed by atoms with van der Waals surface area (Å²) in [5, 5.41) is 16.0. The van der Waals surface area contributed by atoms with E-state index in [-0.39, 0.29) is 6.04 Å². The summed E-state index contributed by atoms with van der Waals surface area (Å²) >= 11 is 0. The Bertz CT molecular complexity index is 942. The van der Waals surface area contributed by atoms with Gasteiger partial charge >= 0.3 is 0 Å². The molecule has 1 aliphatic heterocycles. The summed E-state index contributed by atoms with van der Waals surface area (Å²) < 4.78 is 0. The van der Waals surface area contributed by atoms with Crippen LogP contribution in [-0.2, 0) is 0 Å². The maximum Gasteiger partial charge on any atom is 0.115 e. The van der Waals surface area contributed by atoms with E-state index in [1.165, 1.54) is 27.6 Å². The van der Waals surface area contributed by atoms with Crippen molar-refractivity contribution in [3.05, 3.63) is 83.9 Å². The summed E-state index contributed by atoms with van der Waals surface area (Å²) in [6.45, 7) is 0. The Morgan fingerprint density at radius 3 is 2.62 bits per heavy atom. The van der Waals surface area contributed by atoms with Gasteiger partial charge in [-0.1, -0.05) is 54.6 Å². The van der Waals surface area contributed by atoms with Gasteiger partial charge in [0.1, 0.15) is 5.75 Å².